The summed E-state index contributed by atoms with van der Waals surface area (Å²) < 4.78 is 5.19. The summed E-state index contributed by atoms with van der Waals surface area (Å²) in [6.45, 7) is 6.54. The molecule has 20 heavy (non-hydrogen) atoms. The first-order valence-electron chi connectivity index (χ1n) is 8.00. The molecular weight excluding hydrogens is 252 g/mol. The molecule has 1 aliphatic carbocycles. The number of aliphatic hydroxyl groups is 1. The van der Waals surface area contributed by atoms with Gasteiger partial charge in [0.2, 0.25) is 0 Å². The van der Waals surface area contributed by atoms with E-state index >= 15 is 0 Å². The van der Waals surface area contributed by atoms with E-state index in [9.17, 15) is 9.90 Å². The molecule has 0 spiro atoms. The highest BCUT2D eigenvalue weighted by atomic mass is 16.5. The van der Waals surface area contributed by atoms with Gasteiger partial charge in [-0.1, -0.05) is 31.8 Å². The molecule has 1 aliphatic rings. The van der Waals surface area contributed by atoms with E-state index < -0.39 is 0 Å². The Morgan fingerprint density at radius 1 is 1.30 bits per heavy atom. The number of ether oxygens (including phenoxy) is 1. The first kappa shape index (κ1) is 17.2. The molecule has 0 radical (unpaired) electrons. The highest BCUT2D eigenvalue weighted by Gasteiger charge is 2.33. The van der Waals surface area contributed by atoms with Crippen molar-refractivity contribution in [1.82, 2.24) is 0 Å². The summed E-state index contributed by atoms with van der Waals surface area (Å²) in [6, 6.07) is 0. The van der Waals surface area contributed by atoms with E-state index in [1.807, 2.05) is 19.9 Å². The fourth-order valence-corrected chi connectivity index (χ4v) is 2.94. The first-order valence-corrected chi connectivity index (χ1v) is 8.00. The summed E-state index contributed by atoms with van der Waals surface area (Å²) in [5, 5.41) is 10.1. The monoisotopic (exact) mass is 282 g/mol. The molecule has 116 valence electrons. The van der Waals surface area contributed by atoms with E-state index in [1.54, 1.807) is 0 Å². The van der Waals surface area contributed by atoms with Gasteiger partial charge in [0.15, 0.2) is 0 Å². The summed E-state index contributed by atoms with van der Waals surface area (Å²) in [4.78, 5) is 11.7. The van der Waals surface area contributed by atoms with Crippen molar-refractivity contribution in [3.8, 4) is 0 Å². The zero-order valence-corrected chi connectivity index (χ0v) is 13.2. The van der Waals surface area contributed by atoms with Gasteiger partial charge >= 0.3 is 5.97 Å². The maximum Gasteiger partial charge on any atom is 0.306 e. The molecule has 0 aliphatic heterocycles. The number of aliphatic hydroxyl groups excluding tert-OH is 1. The molecule has 1 rings (SSSR count). The molecule has 0 aromatic carbocycles. The van der Waals surface area contributed by atoms with Crippen LogP contribution >= 0.6 is 0 Å². The van der Waals surface area contributed by atoms with Crippen molar-refractivity contribution >= 4 is 5.97 Å². The lowest BCUT2D eigenvalue weighted by molar-refractivity contribution is -0.143. The van der Waals surface area contributed by atoms with E-state index in [2.05, 4.69) is 6.92 Å². The number of allylic oxidation sites excluding steroid dienone is 1. The SMILES string of the molecule is CCCCCC1CC(CC(=O)OCC=C(C)C)CC1O. The van der Waals surface area contributed by atoms with Crippen LogP contribution in [0.5, 0.6) is 0 Å². The predicted octanol–water partition coefficient (Wildman–Crippen LogP) is 3.85. The fraction of sp³-hybridized carbons (Fsp3) is 0.824. The molecule has 0 heterocycles. The third-order valence-electron chi connectivity index (χ3n) is 4.12. The molecule has 3 unspecified atom stereocenters. The second-order valence-electron chi connectivity index (χ2n) is 6.33. The smallest absolute Gasteiger partial charge is 0.306 e. The first-order chi connectivity index (χ1) is 9.52. The van der Waals surface area contributed by atoms with Crippen molar-refractivity contribution in [3.05, 3.63) is 11.6 Å². The Kier molecular flexibility index (Phi) is 7.90. The standard InChI is InChI=1S/C17H30O3/c1-4-5-6-7-15-10-14(11-16(15)18)12-17(19)20-9-8-13(2)3/h8,14-16,18H,4-7,9-12H2,1-3H3. The van der Waals surface area contributed by atoms with E-state index in [0.29, 0.717) is 24.9 Å². The Bertz CT molecular complexity index is 318. The fourth-order valence-electron chi connectivity index (χ4n) is 2.94. The van der Waals surface area contributed by atoms with Crippen LogP contribution in [-0.4, -0.2) is 23.8 Å². The van der Waals surface area contributed by atoms with Gasteiger partial charge in [-0.15, -0.1) is 0 Å². The minimum absolute atomic E-state index is 0.131. The Morgan fingerprint density at radius 3 is 2.70 bits per heavy atom. The highest BCUT2D eigenvalue weighted by molar-refractivity contribution is 5.69. The van der Waals surface area contributed by atoms with E-state index in [-0.39, 0.29) is 12.1 Å². The van der Waals surface area contributed by atoms with Gasteiger partial charge < -0.3 is 9.84 Å². The Labute approximate surface area is 123 Å². The summed E-state index contributed by atoms with van der Waals surface area (Å²) in [5.74, 6) is 0.557. The van der Waals surface area contributed by atoms with E-state index in [0.717, 1.165) is 24.8 Å². The van der Waals surface area contributed by atoms with Crippen LogP contribution in [0.25, 0.3) is 0 Å². The molecule has 1 fully saturated rings. The average molecular weight is 282 g/mol. The molecule has 0 aromatic heterocycles. The Morgan fingerprint density at radius 2 is 2.05 bits per heavy atom. The molecule has 0 amide bonds. The molecule has 3 atom stereocenters. The zero-order chi connectivity index (χ0) is 15.0. The summed E-state index contributed by atoms with van der Waals surface area (Å²) >= 11 is 0. The lowest BCUT2D eigenvalue weighted by atomic mass is 9.96. The van der Waals surface area contributed by atoms with Gasteiger partial charge in [-0.2, -0.15) is 0 Å². The lowest BCUT2D eigenvalue weighted by Crippen LogP contribution is -2.12. The van der Waals surface area contributed by atoms with Crippen LogP contribution in [0.3, 0.4) is 0 Å². The highest BCUT2D eigenvalue weighted by Crippen LogP contribution is 2.36. The minimum atomic E-state index is -0.220. The van der Waals surface area contributed by atoms with Crippen molar-refractivity contribution in [2.45, 2.75) is 71.8 Å². The number of hydrogen-bond donors (Lipinski definition) is 1. The van der Waals surface area contributed by atoms with Crippen LogP contribution in [0.1, 0.15) is 65.7 Å². The lowest BCUT2D eigenvalue weighted by Gasteiger charge is -2.13. The quantitative estimate of drug-likeness (QED) is 0.418. The van der Waals surface area contributed by atoms with E-state index in [1.165, 1.54) is 19.3 Å². The summed E-state index contributed by atoms with van der Waals surface area (Å²) in [6.07, 6.45) is 8.61. The molecule has 1 saturated carbocycles. The summed E-state index contributed by atoms with van der Waals surface area (Å²) in [5.41, 5.74) is 1.16. The van der Waals surface area contributed by atoms with Crippen LogP contribution in [0.15, 0.2) is 11.6 Å². The Balaban J connectivity index is 2.24. The van der Waals surface area contributed by atoms with Gasteiger partial charge in [0.25, 0.3) is 0 Å². The maximum absolute atomic E-state index is 11.7. The molecule has 3 nitrogen and oxygen atoms in total. The van der Waals surface area contributed by atoms with Crippen LogP contribution in [-0.2, 0) is 9.53 Å². The average Bonchev–Trinajstić information content (AvgIpc) is 2.69. The molecule has 1 N–H and O–H groups in total. The molecule has 0 aromatic rings. The minimum Gasteiger partial charge on any atom is -0.461 e. The van der Waals surface area contributed by atoms with Gasteiger partial charge in [0, 0.05) is 6.42 Å². The largest absolute Gasteiger partial charge is 0.461 e. The van der Waals surface area contributed by atoms with Crippen LogP contribution in [0, 0.1) is 11.8 Å². The number of esters is 1. The van der Waals surface area contributed by atoms with Crippen molar-refractivity contribution < 1.29 is 14.6 Å². The second kappa shape index (κ2) is 9.17. The van der Waals surface area contributed by atoms with E-state index in [4.69, 9.17) is 4.74 Å². The topological polar surface area (TPSA) is 46.5 Å². The van der Waals surface area contributed by atoms with Crippen molar-refractivity contribution in [1.29, 1.82) is 0 Å². The molecule has 0 bridgehead atoms. The molecular formula is C17H30O3. The van der Waals surface area contributed by atoms with Crippen LogP contribution < -0.4 is 0 Å². The molecule has 0 saturated heterocycles. The van der Waals surface area contributed by atoms with Gasteiger partial charge in [-0.3, -0.25) is 4.79 Å². The number of hydrogen-bond acceptors (Lipinski definition) is 3. The van der Waals surface area contributed by atoms with Gasteiger partial charge in [0.05, 0.1) is 6.10 Å². The number of carbonyl (C=O) groups excluding carboxylic acids is 1. The van der Waals surface area contributed by atoms with Crippen LogP contribution in [0.4, 0.5) is 0 Å². The third-order valence-corrected chi connectivity index (χ3v) is 4.12. The zero-order valence-electron chi connectivity index (χ0n) is 13.2. The number of rotatable bonds is 8. The van der Waals surface area contributed by atoms with Crippen molar-refractivity contribution in [2.75, 3.05) is 6.61 Å². The Hall–Kier alpha value is -0.830. The van der Waals surface area contributed by atoms with Crippen LogP contribution in [0.2, 0.25) is 0 Å². The van der Waals surface area contributed by atoms with Gasteiger partial charge in [0.1, 0.15) is 6.61 Å². The number of carbonyl (C=O) groups is 1. The van der Waals surface area contributed by atoms with Gasteiger partial charge in [-0.25, -0.2) is 0 Å². The molecule has 3 heteroatoms. The summed E-state index contributed by atoms with van der Waals surface area (Å²) in [7, 11) is 0. The van der Waals surface area contributed by atoms with Crippen molar-refractivity contribution in [3.63, 3.8) is 0 Å². The van der Waals surface area contributed by atoms with Gasteiger partial charge in [-0.05, 0) is 51.0 Å². The third kappa shape index (κ3) is 6.56. The maximum atomic E-state index is 11.7. The van der Waals surface area contributed by atoms with Crippen molar-refractivity contribution in [2.24, 2.45) is 11.8 Å². The normalized spacial score (nSPS) is 25.5. The number of unbranched alkanes of at least 4 members (excludes halogenated alkanes) is 2. The predicted molar refractivity (Wildman–Crippen MR) is 81.4 cm³/mol. The second-order valence-corrected chi connectivity index (χ2v) is 6.33.